The maximum atomic E-state index is 13.4. The molecule has 0 bridgehead atoms. The van der Waals surface area contributed by atoms with Gasteiger partial charge in [-0.05, 0) is 32.3 Å². The second kappa shape index (κ2) is 9.26. The number of esters is 1. The van der Waals surface area contributed by atoms with E-state index in [1.54, 1.807) is 34.6 Å². The molecule has 29 heavy (non-hydrogen) atoms. The molecule has 160 valence electrons. The van der Waals surface area contributed by atoms with Crippen LogP contribution in [0.25, 0.3) is 0 Å². The highest BCUT2D eigenvalue weighted by Crippen LogP contribution is 2.34. The van der Waals surface area contributed by atoms with Gasteiger partial charge < -0.3 is 19.5 Å². The summed E-state index contributed by atoms with van der Waals surface area (Å²) in [7, 11) is 1.27. The Kier molecular flexibility index (Phi) is 7.24. The molecule has 1 N–H and O–H groups in total. The van der Waals surface area contributed by atoms with Gasteiger partial charge in [0.25, 0.3) is 0 Å². The molecule has 8 heteroatoms. The lowest BCUT2D eigenvalue weighted by atomic mass is 10.0. The van der Waals surface area contributed by atoms with Crippen LogP contribution in [0.1, 0.15) is 40.2 Å². The molecule has 8 nitrogen and oxygen atoms in total. The van der Waals surface area contributed by atoms with E-state index in [-0.39, 0.29) is 12.5 Å². The number of hydrogen-bond donors (Lipinski definition) is 1. The van der Waals surface area contributed by atoms with Crippen LogP contribution in [-0.2, 0) is 30.4 Å². The summed E-state index contributed by atoms with van der Waals surface area (Å²) in [5, 5.41) is 2.63. The molecule has 1 heterocycles. The normalized spacial score (nSPS) is 21.6. The molecule has 0 spiro atoms. The maximum absolute atomic E-state index is 13.4. The van der Waals surface area contributed by atoms with Crippen LogP contribution in [0, 0.1) is 5.92 Å². The smallest absolute Gasteiger partial charge is 0.408 e. The van der Waals surface area contributed by atoms with Gasteiger partial charge in [0.2, 0.25) is 5.91 Å². The zero-order valence-electron chi connectivity index (χ0n) is 17.8. The van der Waals surface area contributed by atoms with E-state index in [9.17, 15) is 14.4 Å². The van der Waals surface area contributed by atoms with Crippen molar-refractivity contribution in [3.05, 3.63) is 35.9 Å². The van der Waals surface area contributed by atoms with Crippen LogP contribution in [0.5, 0.6) is 0 Å². The topological polar surface area (TPSA) is 94.2 Å². The molecule has 0 aromatic heterocycles. The van der Waals surface area contributed by atoms with Crippen LogP contribution in [0.4, 0.5) is 4.79 Å². The maximum Gasteiger partial charge on any atom is 0.408 e. The molecule has 1 saturated heterocycles. The number of hydrogen-bond acceptors (Lipinski definition) is 6. The third kappa shape index (κ3) is 5.26. The fourth-order valence-electron chi connectivity index (χ4n) is 3.50. The van der Waals surface area contributed by atoms with Crippen molar-refractivity contribution < 1.29 is 28.6 Å². The number of alkyl carbamates (subject to hydrolysis) is 1. The molecule has 1 aromatic rings. The van der Waals surface area contributed by atoms with Crippen LogP contribution in [0.3, 0.4) is 0 Å². The third-order valence-corrected chi connectivity index (χ3v) is 4.88. The highest BCUT2D eigenvalue weighted by molar-refractivity contribution is 5.91. The van der Waals surface area contributed by atoms with Crippen molar-refractivity contribution in [2.75, 3.05) is 7.11 Å². The monoisotopic (exact) mass is 406 g/mol. The van der Waals surface area contributed by atoms with Crippen molar-refractivity contribution in [3.63, 3.8) is 0 Å². The SMILES string of the molecule is COC(=O)[C@H]1[C@@H](C)OC(C)(C)N1C(=O)[C@@H](NC(=O)OCc1ccccc1)C(C)C. The minimum atomic E-state index is -1.03. The van der Waals surface area contributed by atoms with Gasteiger partial charge in [0.05, 0.1) is 13.2 Å². The van der Waals surface area contributed by atoms with E-state index >= 15 is 0 Å². The van der Waals surface area contributed by atoms with Crippen LogP contribution >= 0.6 is 0 Å². The van der Waals surface area contributed by atoms with Crippen molar-refractivity contribution in [1.29, 1.82) is 0 Å². The van der Waals surface area contributed by atoms with Crippen molar-refractivity contribution in [3.8, 4) is 0 Å². The molecule has 1 aliphatic heterocycles. The summed E-state index contributed by atoms with van der Waals surface area (Å²) < 4.78 is 15.9. The highest BCUT2D eigenvalue weighted by atomic mass is 16.6. The number of nitrogens with zero attached hydrogens (tertiary/aromatic N) is 1. The standard InChI is InChI=1S/C21H30N2O6/c1-13(2)16(22-20(26)28-12-15-10-8-7-9-11-15)18(24)23-17(19(25)27-6)14(3)29-21(23,4)5/h7-11,13-14,16-17H,12H2,1-6H3,(H,22,26)/t14-,16+,17-/m1/s1. The summed E-state index contributed by atoms with van der Waals surface area (Å²) in [6, 6.07) is 7.46. The molecule has 2 rings (SSSR count). The van der Waals surface area contributed by atoms with Gasteiger partial charge in [-0.15, -0.1) is 0 Å². The van der Waals surface area contributed by atoms with Crippen molar-refractivity contribution in [2.24, 2.45) is 5.92 Å². The lowest BCUT2D eigenvalue weighted by molar-refractivity contribution is -0.159. The summed E-state index contributed by atoms with van der Waals surface area (Å²) in [4.78, 5) is 39.3. The average molecular weight is 406 g/mol. The molecule has 2 amide bonds. The third-order valence-electron chi connectivity index (χ3n) is 4.88. The second-order valence-corrected chi connectivity index (χ2v) is 7.87. The van der Waals surface area contributed by atoms with Gasteiger partial charge >= 0.3 is 12.1 Å². The number of nitrogens with one attached hydrogen (secondary N) is 1. The Bertz CT molecular complexity index is 734. The van der Waals surface area contributed by atoms with Crippen LogP contribution in [0.15, 0.2) is 30.3 Å². The first-order valence-corrected chi connectivity index (χ1v) is 9.64. The lowest BCUT2D eigenvalue weighted by Crippen LogP contribution is -2.59. The van der Waals surface area contributed by atoms with E-state index in [0.717, 1.165) is 5.56 Å². The number of rotatable bonds is 6. The molecule has 1 aromatic carbocycles. The molecule has 0 aliphatic carbocycles. The summed E-state index contributed by atoms with van der Waals surface area (Å²) in [5.74, 6) is -1.23. The van der Waals surface area contributed by atoms with E-state index in [2.05, 4.69) is 5.32 Å². The number of carbonyl (C=O) groups excluding carboxylic acids is 3. The van der Waals surface area contributed by atoms with Gasteiger partial charge in [-0.2, -0.15) is 0 Å². The first-order valence-electron chi connectivity index (χ1n) is 9.64. The Hall–Kier alpha value is -2.61. The Labute approximate surface area is 171 Å². The zero-order chi connectivity index (χ0) is 21.8. The summed E-state index contributed by atoms with van der Waals surface area (Å²) >= 11 is 0. The van der Waals surface area contributed by atoms with Gasteiger partial charge in [0, 0.05) is 0 Å². The van der Waals surface area contributed by atoms with Gasteiger partial charge in [-0.25, -0.2) is 9.59 Å². The fourth-order valence-corrected chi connectivity index (χ4v) is 3.50. The number of carbonyl (C=O) groups is 3. The Morgan fingerprint density at radius 3 is 2.38 bits per heavy atom. The van der Waals surface area contributed by atoms with Crippen molar-refractivity contribution in [1.82, 2.24) is 10.2 Å². The molecule has 0 unspecified atom stereocenters. The van der Waals surface area contributed by atoms with E-state index in [0.29, 0.717) is 0 Å². The average Bonchev–Trinajstić information content (AvgIpc) is 2.92. The summed E-state index contributed by atoms with van der Waals surface area (Å²) in [6.07, 6.45) is -1.25. The number of benzene rings is 1. The van der Waals surface area contributed by atoms with Crippen LogP contribution in [0.2, 0.25) is 0 Å². The predicted octanol–water partition coefficient (Wildman–Crippen LogP) is 2.46. The van der Waals surface area contributed by atoms with E-state index < -0.39 is 41.9 Å². The summed E-state index contributed by atoms with van der Waals surface area (Å²) in [5.41, 5.74) is -0.193. The van der Waals surface area contributed by atoms with Crippen LogP contribution in [-0.4, -0.2) is 53.9 Å². The number of amides is 2. The Morgan fingerprint density at radius 1 is 1.21 bits per heavy atom. The van der Waals surface area contributed by atoms with Gasteiger partial charge in [-0.1, -0.05) is 44.2 Å². The Morgan fingerprint density at radius 2 is 1.83 bits per heavy atom. The second-order valence-electron chi connectivity index (χ2n) is 7.87. The lowest BCUT2D eigenvalue weighted by Gasteiger charge is -2.36. The zero-order valence-corrected chi connectivity index (χ0v) is 17.8. The van der Waals surface area contributed by atoms with Crippen molar-refractivity contribution >= 4 is 18.0 Å². The molecule has 1 aliphatic rings. The molecular weight excluding hydrogens is 376 g/mol. The minimum Gasteiger partial charge on any atom is -0.467 e. The summed E-state index contributed by atoms with van der Waals surface area (Å²) in [6.45, 7) is 8.82. The number of ether oxygens (including phenoxy) is 3. The molecule has 3 atom stereocenters. The van der Waals surface area contributed by atoms with E-state index in [1.165, 1.54) is 12.0 Å². The van der Waals surface area contributed by atoms with Gasteiger partial charge in [0.15, 0.2) is 6.04 Å². The fraction of sp³-hybridized carbons (Fsp3) is 0.571. The number of methoxy groups -OCH3 is 1. The molecular formula is C21H30N2O6. The first-order chi connectivity index (χ1) is 13.6. The molecule has 0 radical (unpaired) electrons. The minimum absolute atomic E-state index is 0.0891. The quantitative estimate of drug-likeness (QED) is 0.730. The highest BCUT2D eigenvalue weighted by Gasteiger charge is 2.53. The van der Waals surface area contributed by atoms with Gasteiger partial charge in [0.1, 0.15) is 18.4 Å². The van der Waals surface area contributed by atoms with Gasteiger partial charge in [-0.3, -0.25) is 9.69 Å². The van der Waals surface area contributed by atoms with E-state index in [1.807, 2.05) is 30.3 Å². The molecule has 1 fully saturated rings. The van der Waals surface area contributed by atoms with Crippen molar-refractivity contribution in [2.45, 2.75) is 65.1 Å². The molecule has 0 saturated carbocycles. The van der Waals surface area contributed by atoms with E-state index in [4.69, 9.17) is 14.2 Å². The van der Waals surface area contributed by atoms with Crippen LogP contribution < -0.4 is 5.32 Å². The predicted molar refractivity (Wildman–Crippen MR) is 106 cm³/mol. The first kappa shape index (κ1) is 22.7. The Balaban J connectivity index is 2.14. The largest absolute Gasteiger partial charge is 0.467 e.